The van der Waals surface area contributed by atoms with E-state index in [-0.39, 0.29) is 0 Å². The summed E-state index contributed by atoms with van der Waals surface area (Å²) in [6, 6.07) is 16.5. The molecule has 2 aromatic carbocycles. The van der Waals surface area contributed by atoms with Crippen LogP contribution in [0.4, 0.5) is 0 Å². The minimum atomic E-state index is -2.30. The number of unbranched alkanes of at least 4 members (excludes halogenated alkanes) is 2. The molecule has 3 nitrogen and oxygen atoms in total. The molecule has 0 fully saturated rings. The van der Waals surface area contributed by atoms with Gasteiger partial charge in [-0.1, -0.05) is 0 Å². The molecule has 0 saturated heterocycles. The molecule has 0 amide bonds. The maximum atomic E-state index is 6.31. The van der Waals surface area contributed by atoms with Crippen molar-refractivity contribution < 1.29 is 13.7 Å². The van der Waals surface area contributed by atoms with Gasteiger partial charge in [0.05, 0.1) is 0 Å². The molecule has 0 aromatic heterocycles. The van der Waals surface area contributed by atoms with Gasteiger partial charge in [0.15, 0.2) is 0 Å². The van der Waals surface area contributed by atoms with Crippen LogP contribution < -0.4 is 9.31 Å². The molecule has 0 aliphatic carbocycles. The fourth-order valence-corrected chi connectivity index (χ4v) is 3.64. The number of benzene rings is 2. The molecule has 0 unspecified atom stereocenters. The van der Waals surface area contributed by atoms with Gasteiger partial charge in [-0.25, -0.2) is 0 Å². The second-order valence-corrected chi connectivity index (χ2v) is 16.6. The molecule has 0 aliphatic rings. The van der Waals surface area contributed by atoms with Gasteiger partial charge in [0.1, 0.15) is 0 Å². The van der Waals surface area contributed by atoms with Crippen LogP contribution in [0.25, 0.3) is 0 Å². The number of rotatable bonds is 12. The molecule has 0 radical (unpaired) electrons. The Balaban J connectivity index is 2.08. The Morgan fingerprint density at radius 3 is 1.34 bits per heavy atom. The second-order valence-electron chi connectivity index (χ2n) is 9.54. The van der Waals surface area contributed by atoms with Crippen molar-refractivity contribution in [2.45, 2.75) is 52.4 Å². The quantitative estimate of drug-likeness (QED) is 0.281. The summed E-state index contributed by atoms with van der Waals surface area (Å²) in [5.41, 5.74) is 2.66. The third kappa shape index (κ3) is 9.69. The zero-order valence-electron chi connectivity index (χ0n) is 19.1. The molecule has 0 spiro atoms. The Morgan fingerprint density at radius 2 is 1.03 bits per heavy atom. The van der Waals surface area contributed by atoms with Gasteiger partial charge in [-0.15, -0.1) is 0 Å². The zero-order valence-corrected chi connectivity index (χ0v) is 20.0. The number of hydrogen-bond acceptors (Lipinski definition) is 3. The predicted molar refractivity (Wildman–Crippen MR) is 129 cm³/mol. The molecular weight excluding hydrogens is 378 g/mol. The molecule has 5 heteroatoms. The standard InChI is InChI=1S/C24H38BO3P/c1-7-9-11-21-13-17-23(18-14-21)26-25(28-29(3,4,5)6)27-24-19-15-22(16-20-24)12-10-8-2/h13-20H,7-12H2,1-6H3. The van der Waals surface area contributed by atoms with Crippen molar-refractivity contribution in [1.29, 1.82) is 0 Å². The predicted octanol–water partition coefficient (Wildman–Crippen LogP) is 6.82. The van der Waals surface area contributed by atoms with E-state index in [0.29, 0.717) is 0 Å². The second kappa shape index (κ2) is 10.5. The Morgan fingerprint density at radius 1 is 0.655 bits per heavy atom. The van der Waals surface area contributed by atoms with Crippen LogP contribution in [0, 0.1) is 0 Å². The molecule has 2 rings (SSSR count). The molecule has 0 heterocycles. The third-order valence-corrected chi connectivity index (χ3v) is 5.47. The van der Waals surface area contributed by atoms with Crippen molar-refractivity contribution in [2.75, 3.05) is 26.7 Å². The van der Waals surface area contributed by atoms with Crippen molar-refractivity contribution in [2.24, 2.45) is 0 Å². The van der Waals surface area contributed by atoms with Gasteiger partial charge in [0.25, 0.3) is 0 Å². The van der Waals surface area contributed by atoms with Gasteiger partial charge in [0, 0.05) is 0 Å². The van der Waals surface area contributed by atoms with Crippen molar-refractivity contribution in [3.8, 4) is 11.5 Å². The van der Waals surface area contributed by atoms with E-state index in [1.807, 2.05) is 24.3 Å². The fourth-order valence-electron chi connectivity index (χ4n) is 2.86. The molecule has 0 aliphatic heterocycles. The van der Waals surface area contributed by atoms with E-state index in [9.17, 15) is 0 Å². The van der Waals surface area contributed by atoms with Crippen LogP contribution in [0.3, 0.4) is 0 Å². The van der Waals surface area contributed by atoms with Crippen molar-refractivity contribution in [3.05, 3.63) is 59.7 Å². The maximum absolute atomic E-state index is 6.31. The molecule has 0 N–H and O–H groups in total. The fraction of sp³-hybridized carbons (Fsp3) is 0.500. The molecule has 0 saturated carbocycles. The molecule has 160 valence electrons. The summed E-state index contributed by atoms with van der Waals surface area (Å²) in [6.07, 6.45) is 7.01. The van der Waals surface area contributed by atoms with Gasteiger partial charge in [-0.05, 0) is 0 Å². The molecular formula is C24H38BO3P. The Labute approximate surface area is 178 Å². The van der Waals surface area contributed by atoms with Gasteiger partial charge in [0.2, 0.25) is 0 Å². The van der Waals surface area contributed by atoms with Crippen LogP contribution >= 0.6 is 6.83 Å². The van der Waals surface area contributed by atoms with Crippen LogP contribution in [0.15, 0.2) is 48.5 Å². The Kier molecular flexibility index (Phi) is 8.61. The van der Waals surface area contributed by atoms with Crippen LogP contribution in [-0.2, 0) is 17.3 Å². The normalized spacial score (nSPS) is 12.8. The van der Waals surface area contributed by atoms with E-state index in [1.54, 1.807) is 0 Å². The molecule has 0 atom stereocenters. The van der Waals surface area contributed by atoms with E-state index in [1.165, 1.54) is 36.8 Å². The van der Waals surface area contributed by atoms with Crippen LogP contribution in [0.5, 0.6) is 11.5 Å². The topological polar surface area (TPSA) is 27.7 Å². The Hall–Kier alpha value is -1.51. The summed E-state index contributed by atoms with van der Waals surface area (Å²) < 4.78 is 18.5. The van der Waals surface area contributed by atoms with E-state index in [4.69, 9.17) is 13.7 Å². The van der Waals surface area contributed by atoms with E-state index < -0.39 is 14.2 Å². The molecule has 29 heavy (non-hydrogen) atoms. The first kappa shape index (κ1) is 23.8. The molecule has 0 bridgehead atoms. The summed E-state index contributed by atoms with van der Waals surface area (Å²) in [6.45, 7) is 10.7. The first-order chi connectivity index (χ1) is 13.6. The van der Waals surface area contributed by atoms with Gasteiger partial charge >= 0.3 is 178 Å². The average molecular weight is 416 g/mol. The summed E-state index contributed by atoms with van der Waals surface area (Å²) in [5.74, 6) is 1.52. The minimum absolute atomic E-state index is 0.759. The van der Waals surface area contributed by atoms with E-state index in [0.717, 1.165) is 24.3 Å². The summed E-state index contributed by atoms with van der Waals surface area (Å²) in [4.78, 5) is 0. The molecule has 2 aromatic rings. The first-order valence-electron chi connectivity index (χ1n) is 10.9. The number of hydrogen-bond donors (Lipinski definition) is 0. The van der Waals surface area contributed by atoms with Crippen LogP contribution in [-0.4, -0.2) is 34.0 Å². The average Bonchev–Trinajstić information content (AvgIpc) is 2.65. The summed E-state index contributed by atoms with van der Waals surface area (Å²) >= 11 is 0. The van der Waals surface area contributed by atoms with Crippen molar-refractivity contribution >= 4 is 14.2 Å². The summed E-state index contributed by atoms with van der Waals surface area (Å²) in [7, 11) is -0.777. The zero-order chi connectivity index (χ0) is 21.4. The Bertz CT molecular complexity index is 673. The number of aryl methyl sites for hydroxylation is 2. The van der Waals surface area contributed by atoms with Gasteiger partial charge in [-0.2, -0.15) is 0 Å². The van der Waals surface area contributed by atoms with Crippen LogP contribution in [0.2, 0.25) is 0 Å². The van der Waals surface area contributed by atoms with E-state index >= 15 is 0 Å². The third-order valence-electron chi connectivity index (χ3n) is 4.46. The monoisotopic (exact) mass is 416 g/mol. The summed E-state index contributed by atoms with van der Waals surface area (Å²) in [5, 5.41) is 0. The van der Waals surface area contributed by atoms with Gasteiger partial charge in [-0.3, -0.25) is 0 Å². The first-order valence-corrected chi connectivity index (χ1v) is 14.8. The van der Waals surface area contributed by atoms with Crippen LogP contribution in [0.1, 0.15) is 50.7 Å². The van der Waals surface area contributed by atoms with Gasteiger partial charge < -0.3 is 0 Å². The van der Waals surface area contributed by atoms with Crippen molar-refractivity contribution in [1.82, 2.24) is 0 Å². The SMILES string of the molecule is CCCCc1ccc(OB(Oc2ccc(CCCC)cc2)OP(C)(C)(C)C)cc1. The van der Waals surface area contributed by atoms with E-state index in [2.05, 4.69) is 64.8 Å². The van der Waals surface area contributed by atoms with Crippen molar-refractivity contribution in [3.63, 3.8) is 0 Å².